The Labute approximate surface area is 118 Å². The highest BCUT2D eigenvalue weighted by Gasteiger charge is 2.25. The molecule has 0 aliphatic carbocycles. The largest absolute Gasteiger partial charge is 0.337 e. The molecule has 108 valence electrons. The van der Waals surface area contributed by atoms with Crippen LogP contribution in [0.4, 0.5) is 0 Å². The number of carbonyl (C=O) groups is 1. The van der Waals surface area contributed by atoms with Gasteiger partial charge in [0.1, 0.15) is 0 Å². The zero-order valence-electron chi connectivity index (χ0n) is 13.0. The van der Waals surface area contributed by atoms with Gasteiger partial charge < -0.3 is 10.2 Å². The average Bonchev–Trinajstić information content (AvgIpc) is 2.90. The SMILES string of the molecule is C=C(C)/C=C\C(=C/C)C(=O)N1CCC(NC)C1.CC. The minimum Gasteiger partial charge on any atom is -0.337 e. The summed E-state index contributed by atoms with van der Waals surface area (Å²) < 4.78 is 0. The van der Waals surface area contributed by atoms with Crippen LogP contribution in [0, 0.1) is 0 Å². The first-order valence-electron chi connectivity index (χ1n) is 7.05. The van der Waals surface area contributed by atoms with Gasteiger partial charge in [-0.1, -0.05) is 38.2 Å². The summed E-state index contributed by atoms with van der Waals surface area (Å²) in [4.78, 5) is 14.1. The predicted octanol–water partition coefficient (Wildman–Crippen LogP) is 2.91. The van der Waals surface area contributed by atoms with E-state index >= 15 is 0 Å². The zero-order valence-corrected chi connectivity index (χ0v) is 13.0. The molecule has 0 aromatic carbocycles. The second-order valence-electron chi connectivity index (χ2n) is 4.45. The Morgan fingerprint density at radius 3 is 2.42 bits per heavy atom. The minimum atomic E-state index is 0.114. The van der Waals surface area contributed by atoms with Crippen molar-refractivity contribution in [3.63, 3.8) is 0 Å². The molecule has 0 spiro atoms. The number of rotatable bonds is 4. The second kappa shape index (κ2) is 9.56. The van der Waals surface area contributed by atoms with Crippen molar-refractivity contribution in [1.82, 2.24) is 10.2 Å². The summed E-state index contributed by atoms with van der Waals surface area (Å²) >= 11 is 0. The molecule has 0 radical (unpaired) electrons. The number of amides is 1. The lowest BCUT2D eigenvalue weighted by Gasteiger charge is -2.16. The van der Waals surface area contributed by atoms with Gasteiger partial charge in [0.25, 0.3) is 5.91 Å². The van der Waals surface area contributed by atoms with Crippen molar-refractivity contribution in [2.45, 2.75) is 40.2 Å². The average molecular weight is 264 g/mol. The van der Waals surface area contributed by atoms with Crippen molar-refractivity contribution in [1.29, 1.82) is 0 Å². The molecule has 0 saturated carbocycles. The van der Waals surface area contributed by atoms with Crippen molar-refractivity contribution in [2.75, 3.05) is 20.1 Å². The Morgan fingerprint density at radius 1 is 1.37 bits per heavy atom. The fourth-order valence-electron chi connectivity index (χ4n) is 1.89. The van der Waals surface area contributed by atoms with Gasteiger partial charge in [-0.3, -0.25) is 4.79 Å². The Hall–Kier alpha value is -1.35. The van der Waals surface area contributed by atoms with E-state index < -0.39 is 0 Å². The van der Waals surface area contributed by atoms with Gasteiger partial charge in [0.05, 0.1) is 0 Å². The van der Waals surface area contributed by atoms with Crippen LogP contribution in [0.3, 0.4) is 0 Å². The van der Waals surface area contributed by atoms with Crippen LogP contribution in [0.15, 0.2) is 36.0 Å². The third-order valence-electron chi connectivity index (χ3n) is 2.99. The first-order chi connectivity index (χ1) is 9.08. The molecule has 3 nitrogen and oxygen atoms in total. The molecular weight excluding hydrogens is 236 g/mol. The predicted molar refractivity (Wildman–Crippen MR) is 83.1 cm³/mol. The highest BCUT2D eigenvalue weighted by Crippen LogP contribution is 2.13. The van der Waals surface area contributed by atoms with Crippen molar-refractivity contribution >= 4 is 5.91 Å². The molecule has 1 saturated heterocycles. The molecule has 0 aromatic rings. The lowest BCUT2D eigenvalue weighted by atomic mass is 10.1. The van der Waals surface area contributed by atoms with E-state index in [1.165, 1.54) is 0 Å². The summed E-state index contributed by atoms with van der Waals surface area (Å²) in [6.45, 7) is 13.2. The molecule has 1 fully saturated rings. The topological polar surface area (TPSA) is 32.3 Å². The Kier molecular flexibility index (Phi) is 8.88. The van der Waals surface area contributed by atoms with E-state index in [1.54, 1.807) is 0 Å². The molecule has 1 amide bonds. The first kappa shape index (κ1) is 17.6. The molecule has 1 N–H and O–H groups in total. The second-order valence-corrected chi connectivity index (χ2v) is 4.45. The molecule has 19 heavy (non-hydrogen) atoms. The van der Waals surface area contributed by atoms with Gasteiger partial charge in [0.15, 0.2) is 0 Å². The minimum absolute atomic E-state index is 0.114. The van der Waals surface area contributed by atoms with E-state index in [-0.39, 0.29) is 5.91 Å². The summed E-state index contributed by atoms with van der Waals surface area (Å²) in [6, 6.07) is 0.433. The van der Waals surface area contributed by atoms with Gasteiger partial charge in [-0.2, -0.15) is 0 Å². The van der Waals surface area contributed by atoms with E-state index in [0.717, 1.165) is 30.7 Å². The van der Waals surface area contributed by atoms with Gasteiger partial charge in [-0.05, 0) is 33.4 Å². The van der Waals surface area contributed by atoms with E-state index in [9.17, 15) is 4.79 Å². The van der Waals surface area contributed by atoms with E-state index in [2.05, 4.69) is 11.9 Å². The fourth-order valence-corrected chi connectivity index (χ4v) is 1.89. The molecule has 1 aliphatic heterocycles. The first-order valence-corrected chi connectivity index (χ1v) is 7.05. The molecule has 1 aliphatic rings. The van der Waals surface area contributed by atoms with Crippen LogP contribution in [-0.4, -0.2) is 37.0 Å². The molecule has 1 rings (SSSR count). The maximum Gasteiger partial charge on any atom is 0.253 e. The van der Waals surface area contributed by atoms with Crippen molar-refractivity contribution in [3.8, 4) is 0 Å². The van der Waals surface area contributed by atoms with Crippen LogP contribution >= 0.6 is 0 Å². The Bertz CT molecular complexity index is 356. The summed E-state index contributed by atoms with van der Waals surface area (Å²) in [7, 11) is 1.94. The van der Waals surface area contributed by atoms with Gasteiger partial charge in [0.2, 0.25) is 0 Å². The Morgan fingerprint density at radius 2 is 2.00 bits per heavy atom. The number of carbonyl (C=O) groups excluding carboxylic acids is 1. The summed E-state index contributed by atoms with van der Waals surface area (Å²) in [5, 5.41) is 3.21. The summed E-state index contributed by atoms with van der Waals surface area (Å²) in [5.74, 6) is 0.114. The molecule has 3 heteroatoms. The number of nitrogens with one attached hydrogen (secondary N) is 1. The van der Waals surface area contributed by atoms with Crippen LogP contribution in [0.5, 0.6) is 0 Å². The lowest BCUT2D eigenvalue weighted by Crippen LogP contribution is -2.33. The van der Waals surface area contributed by atoms with E-state index in [4.69, 9.17) is 0 Å². The maximum absolute atomic E-state index is 12.2. The van der Waals surface area contributed by atoms with Crippen molar-refractivity contribution in [3.05, 3.63) is 36.0 Å². The number of allylic oxidation sites excluding steroid dienone is 3. The monoisotopic (exact) mass is 264 g/mol. The summed E-state index contributed by atoms with van der Waals surface area (Å²) in [5.41, 5.74) is 1.69. The lowest BCUT2D eigenvalue weighted by molar-refractivity contribution is -0.125. The number of hydrogen-bond acceptors (Lipinski definition) is 2. The third-order valence-corrected chi connectivity index (χ3v) is 2.99. The van der Waals surface area contributed by atoms with Crippen LogP contribution < -0.4 is 5.32 Å². The molecule has 1 heterocycles. The molecule has 1 atom stereocenters. The van der Waals surface area contributed by atoms with Gasteiger partial charge >= 0.3 is 0 Å². The smallest absolute Gasteiger partial charge is 0.253 e. The molecule has 0 aromatic heterocycles. The number of likely N-dealkylation sites (tertiary alicyclic amines) is 1. The molecule has 0 bridgehead atoms. The highest BCUT2D eigenvalue weighted by molar-refractivity contribution is 5.96. The quantitative estimate of drug-likeness (QED) is 0.625. The summed E-state index contributed by atoms with van der Waals surface area (Å²) in [6.07, 6.45) is 6.61. The number of nitrogens with zero attached hydrogens (tertiary/aromatic N) is 1. The maximum atomic E-state index is 12.2. The highest BCUT2D eigenvalue weighted by atomic mass is 16.2. The zero-order chi connectivity index (χ0) is 14.8. The standard InChI is InChI=1S/C14H22N2O.C2H6/c1-5-12(7-6-11(2)3)14(17)16-9-8-13(10-16)15-4;1-2/h5-7,13,15H,2,8-10H2,1,3-4H3;1-2H3/b7-6-,12-5+;. The van der Waals surface area contributed by atoms with Crippen molar-refractivity contribution < 1.29 is 4.79 Å². The normalized spacial score (nSPS) is 19.3. The van der Waals surface area contributed by atoms with E-state index in [0.29, 0.717) is 6.04 Å². The Balaban J connectivity index is 0.00000154. The number of hydrogen-bond donors (Lipinski definition) is 1. The van der Waals surface area contributed by atoms with Gasteiger partial charge in [-0.25, -0.2) is 0 Å². The van der Waals surface area contributed by atoms with Crippen LogP contribution in [0.2, 0.25) is 0 Å². The van der Waals surface area contributed by atoms with E-state index in [1.807, 2.05) is 57.9 Å². The van der Waals surface area contributed by atoms with Crippen LogP contribution in [0.25, 0.3) is 0 Å². The van der Waals surface area contributed by atoms with Gasteiger partial charge in [-0.15, -0.1) is 0 Å². The fraction of sp³-hybridized carbons (Fsp3) is 0.562. The van der Waals surface area contributed by atoms with Gasteiger partial charge in [0, 0.05) is 24.7 Å². The van der Waals surface area contributed by atoms with Crippen molar-refractivity contribution in [2.24, 2.45) is 0 Å². The van der Waals surface area contributed by atoms with Crippen LogP contribution in [0.1, 0.15) is 34.1 Å². The molecular formula is C16H28N2O. The van der Waals surface area contributed by atoms with Crippen LogP contribution in [-0.2, 0) is 4.79 Å². The third kappa shape index (κ3) is 5.88. The number of likely N-dealkylation sites (N-methyl/N-ethyl adjacent to an activating group) is 1. The molecule has 1 unspecified atom stereocenters.